The van der Waals surface area contributed by atoms with Crippen LogP contribution >= 0.6 is 0 Å². The number of halogens is 3. The van der Waals surface area contributed by atoms with Gasteiger partial charge >= 0.3 is 0 Å². The Bertz CT molecular complexity index is 1060. The summed E-state index contributed by atoms with van der Waals surface area (Å²) in [6, 6.07) is 7.62. The summed E-state index contributed by atoms with van der Waals surface area (Å²) in [5, 5.41) is 7.11. The van der Waals surface area contributed by atoms with Crippen molar-refractivity contribution in [2.24, 2.45) is 0 Å². The molecule has 4 rings (SSSR count). The van der Waals surface area contributed by atoms with Crippen molar-refractivity contribution in [3.05, 3.63) is 76.4 Å². The first-order chi connectivity index (χ1) is 12.9. The van der Waals surface area contributed by atoms with E-state index in [9.17, 15) is 18.0 Å². The molecule has 0 fully saturated rings. The van der Waals surface area contributed by atoms with Crippen LogP contribution in [0.15, 0.2) is 36.4 Å². The number of anilines is 1. The molecule has 2 aromatic carbocycles. The van der Waals surface area contributed by atoms with E-state index in [4.69, 9.17) is 0 Å². The van der Waals surface area contributed by atoms with E-state index in [0.717, 1.165) is 29.8 Å². The van der Waals surface area contributed by atoms with Gasteiger partial charge in [-0.1, -0.05) is 0 Å². The highest BCUT2D eigenvalue weighted by Crippen LogP contribution is 2.29. The van der Waals surface area contributed by atoms with Crippen molar-refractivity contribution in [3.8, 4) is 5.69 Å². The average Bonchev–Trinajstić information content (AvgIpc) is 3.22. The number of nitrogens with one attached hydrogen (secondary N) is 1. The van der Waals surface area contributed by atoms with Crippen molar-refractivity contribution in [1.29, 1.82) is 0 Å². The summed E-state index contributed by atoms with van der Waals surface area (Å²) in [5.74, 6) is -2.70. The molecule has 138 valence electrons. The van der Waals surface area contributed by atoms with E-state index in [1.807, 2.05) is 0 Å². The minimum absolute atomic E-state index is 0.246. The fourth-order valence-electron chi connectivity index (χ4n) is 3.40. The Balaban J connectivity index is 1.71. The largest absolute Gasteiger partial charge is 0.320 e. The summed E-state index contributed by atoms with van der Waals surface area (Å²) in [5.41, 5.74) is 3.33. The van der Waals surface area contributed by atoms with Gasteiger partial charge in [-0.2, -0.15) is 5.10 Å². The highest BCUT2D eigenvalue weighted by atomic mass is 19.2. The highest BCUT2D eigenvalue weighted by Gasteiger charge is 2.27. The topological polar surface area (TPSA) is 46.9 Å². The van der Waals surface area contributed by atoms with Crippen molar-refractivity contribution in [2.75, 3.05) is 5.32 Å². The summed E-state index contributed by atoms with van der Waals surface area (Å²) in [7, 11) is 0. The number of fused-ring (bicyclic) bond motifs is 1. The third-order valence-electron chi connectivity index (χ3n) is 4.73. The van der Waals surface area contributed by atoms with Crippen LogP contribution in [0.25, 0.3) is 5.69 Å². The van der Waals surface area contributed by atoms with Gasteiger partial charge in [0.2, 0.25) is 0 Å². The maximum atomic E-state index is 13.6. The van der Waals surface area contributed by atoms with Crippen LogP contribution in [0.1, 0.15) is 33.7 Å². The number of aromatic nitrogens is 2. The van der Waals surface area contributed by atoms with Crippen LogP contribution < -0.4 is 5.32 Å². The molecule has 0 radical (unpaired) electrons. The van der Waals surface area contributed by atoms with Gasteiger partial charge in [0.25, 0.3) is 5.91 Å². The van der Waals surface area contributed by atoms with Crippen LogP contribution in [0.4, 0.5) is 18.9 Å². The molecule has 7 heteroatoms. The summed E-state index contributed by atoms with van der Waals surface area (Å²) >= 11 is 0. The standard InChI is InChI=1S/C20H16F3N3O/c1-11-9-12(21)5-8-17(11)24-20(27)19-14-3-2-4-18(14)26(25-19)13-6-7-15(22)16(23)10-13/h5-10H,2-4H2,1H3,(H,24,27). The second-order valence-corrected chi connectivity index (χ2v) is 6.55. The molecule has 1 aliphatic rings. The van der Waals surface area contributed by atoms with Gasteiger partial charge in [-0.05, 0) is 62.1 Å². The molecule has 27 heavy (non-hydrogen) atoms. The molecule has 0 saturated carbocycles. The van der Waals surface area contributed by atoms with E-state index >= 15 is 0 Å². The lowest BCUT2D eigenvalue weighted by atomic mass is 10.1. The molecule has 1 amide bonds. The molecular formula is C20H16F3N3O. The van der Waals surface area contributed by atoms with E-state index in [-0.39, 0.29) is 11.5 Å². The smallest absolute Gasteiger partial charge is 0.276 e. The zero-order valence-corrected chi connectivity index (χ0v) is 14.5. The molecule has 1 aromatic heterocycles. The fraction of sp³-hybridized carbons (Fsp3) is 0.200. The second-order valence-electron chi connectivity index (χ2n) is 6.55. The molecular weight excluding hydrogens is 355 g/mol. The summed E-state index contributed by atoms with van der Waals surface area (Å²) in [6.45, 7) is 1.70. The Morgan fingerprint density at radius 1 is 1.07 bits per heavy atom. The van der Waals surface area contributed by atoms with E-state index in [0.29, 0.717) is 29.8 Å². The van der Waals surface area contributed by atoms with Crippen LogP contribution in [0.2, 0.25) is 0 Å². The maximum Gasteiger partial charge on any atom is 0.276 e. The first kappa shape index (κ1) is 17.3. The third kappa shape index (κ3) is 3.09. The number of nitrogens with zero attached hydrogens (tertiary/aromatic N) is 2. The van der Waals surface area contributed by atoms with Crippen LogP contribution in [0.5, 0.6) is 0 Å². The Kier molecular flexibility index (Phi) is 4.22. The Hall–Kier alpha value is -3.09. The summed E-state index contributed by atoms with van der Waals surface area (Å²) in [6.07, 6.45) is 2.24. The lowest BCUT2D eigenvalue weighted by Crippen LogP contribution is -2.15. The van der Waals surface area contributed by atoms with Gasteiger partial charge in [0.05, 0.1) is 5.69 Å². The number of benzene rings is 2. The summed E-state index contributed by atoms with van der Waals surface area (Å²) in [4.78, 5) is 12.8. The lowest BCUT2D eigenvalue weighted by molar-refractivity contribution is 0.102. The van der Waals surface area contributed by atoms with Gasteiger partial charge in [0.1, 0.15) is 5.82 Å². The van der Waals surface area contributed by atoms with Crippen molar-refractivity contribution in [1.82, 2.24) is 9.78 Å². The molecule has 1 aliphatic carbocycles. The van der Waals surface area contributed by atoms with Crippen LogP contribution in [-0.4, -0.2) is 15.7 Å². The number of carbonyl (C=O) groups is 1. The van der Waals surface area contributed by atoms with E-state index < -0.39 is 17.5 Å². The number of hydrogen-bond donors (Lipinski definition) is 1. The number of amides is 1. The molecule has 0 bridgehead atoms. The molecule has 3 aromatic rings. The van der Waals surface area contributed by atoms with Gasteiger partial charge < -0.3 is 5.32 Å². The first-order valence-corrected chi connectivity index (χ1v) is 8.58. The Labute approximate surface area is 153 Å². The zero-order valence-electron chi connectivity index (χ0n) is 14.5. The van der Waals surface area contributed by atoms with E-state index in [2.05, 4.69) is 10.4 Å². The van der Waals surface area contributed by atoms with E-state index in [1.54, 1.807) is 6.92 Å². The van der Waals surface area contributed by atoms with Crippen LogP contribution in [-0.2, 0) is 12.8 Å². The van der Waals surface area contributed by atoms with E-state index in [1.165, 1.54) is 28.9 Å². The van der Waals surface area contributed by atoms with Gasteiger partial charge in [0.15, 0.2) is 17.3 Å². The van der Waals surface area contributed by atoms with Crippen molar-refractivity contribution in [2.45, 2.75) is 26.2 Å². The predicted molar refractivity (Wildman–Crippen MR) is 94.6 cm³/mol. The molecule has 1 heterocycles. The predicted octanol–water partition coefficient (Wildman–Crippen LogP) is 4.34. The average molecular weight is 371 g/mol. The van der Waals surface area contributed by atoms with Gasteiger partial charge in [-0.15, -0.1) is 0 Å². The van der Waals surface area contributed by atoms with Crippen LogP contribution in [0.3, 0.4) is 0 Å². The number of rotatable bonds is 3. The summed E-state index contributed by atoms with van der Waals surface area (Å²) < 4.78 is 41.6. The van der Waals surface area contributed by atoms with Gasteiger partial charge in [0, 0.05) is 23.0 Å². The molecule has 4 nitrogen and oxygen atoms in total. The second kappa shape index (κ2) is 6.57. The number of carbonyl (C=O) groups excluding carboxylic acids is 1. The number of hydrogen-bond acceptors (Lipinski definition) is 2. The first-order valence-electron chi connectivity index (χ1n) is 8.58. The molecule has 0 spiro atoms. The highest BCUT2D eigenvalue weighted by molar-refractivity contribution is 6.04. The molecule has 0 atom stereocenters. The van der Waals surface area contributed by atoms with Gasteiger partial charge in [-0.25, -0.2) is 17.9 Å². The van der Waals surface area contributed by atoms with Crippen molar-refractivity contribution < 1.29 is 18.0 Å². The maximum absolute atomic E-state index is 13.6. The van der Waals surface area contributed by atoms with Crippen molar-refractivity contribution in [3.63, 3.8) is 0 Å². The quantitative estimate of drug-likeness (QED) is 0.745. The normalized spacial score (nSPS) is 12.9. The molecule has 0 aliphatic heterocycles. The molecule has 0 saturated heterocycles. The lowest BCUT2D eigenvalue weighted by Gasteiger charge is -2.08. The number of aryl methyl sites for hydroxylation is 1. The Morgan fingerprint density at radius 3 is 2.63 bits per heavy atom. The Morgan fingerprint density at radius 2 is 1.89 bits per heavy atom. The van der Waals surface area contributed by atoms with Crippen LogP contribution in [0, 0.1) is 24.4 Å². The molecule has 1 N–H and O–H groups in total. The SMILES string of the molecule is Cc1cc(F)ccc1NC(=O)c1nn(-c2ccc(F)c(F)c2)c2c1CCC2. The minimum atomic E-state index is -0.970. The fourth-order valence-corrected chi connectivity index (χ4v) is 3.40. The third-order valence-corrected chi connectivity index (χ3v) is 4.73. The zero-order chi connectivity index (χ0) is 19.1. The van der Waals surface area contributed by atoms with Gasteiger partial charge in [-0.3, -0.25) is 4.79 Å². The minimum Gasteiger partial charge on any atom is -0.320 e. The molecule has 0 unspecified atom stereocenters. The monoisotopic (exact) mass is 371 g/mol. The van der Waals surface area contributed by atoms with Crippen molar-refractivity contribution >= 4 is 11.6 Å².